The number of pyridine rings is 1. The van der Waals surface area contributed by atoms with E-state index in [9.17, 15) is 4.79 Å². The molecule has 6 nitrogen and oxygen atoms in total. The molecule has 2 aromatic rings. The maximum absolute atomic E-state index is 12.0. The molecule has 3 rings (SSSR count). The lowest BCUT2D eigenvalue weighted by molar-refractivity contribution is 0.207. The molecule has 0 aliphatic carbocycles. The summed E-state index contributed by atoms with van der Waals surface area (Å²) < 4.78 is 2.06. The predicted molar refractivity (Wildman–Crippen MR) is 85.6 cm³/mol. The maximum atomic E-state index is 12.0. The standard InChI is InChI=1S/C16H23N5O/c1-3-7-18-16(22)21-9-6-12(11-21)10-14-19-13-5-4-8-17-15(13)20(14)2/h4-5,8,12H,3,6-7,9-11H2,1-2H3,(H,18,22)/t12-/m1/s1. The fraction of sp³-hybridized carbons (Fsp3) is 0.562. The van der Waals surface area contributed by atoms with E-state index in [4.69, 9.17) is 0 Å². The van der Waals surface area contributed by atoms with Crippen molar-refractivity contribution in [1.82, 2.24) is 24.8 Å². The van der Waals surface area contributed by atoms with Crippen molar-refractivity contribution in [3.63, 3.8) is 0 Å². The van der Waals surface area contributed by atoms with Crippen molar-refractivity contribution in [3.05, 3.63) is 24.2 Å². The third kappa shape index (κ3) is 2.91. The number of nitrogens with one attached hydrogen (secondary N) is 1. The first-order chi connectivity index (χ1) is 10.7. The van der Waals surface area contributed by atoms with Gasteiger partial charge in [-0.25, -0.2) is 14.8 Å². The van der Waals surface area contributed by atoms with Crippen LogP contribution in [-0.2, 0) is 13.5 Å². The van der Waals surface area contributed by atoms with Crippen molar-refractivity contribution in [3.8, 4) is 0 Å². The first kappa shape index (κ1) is 14.8. The van der Waals surface area contributed by atoms with Crippen LogP contribution in [0.1, 0.15) is 25.6 Å². The molecule has 1 atom stereocenters. The molecule has 0 spiro atoms. The van der Waals surface area contributed by atoms with Crippen LogP contribution in [0.2, 0.25) is 0 Å². The van der Waals surface area contributed by atoms with E-state index >= 15 is 0 Å². The zero-order chi connectivity index (χ0) is 15.5. The fourth-order valence-corrected chi connectivity index (χ4v) is 3.04. The van der Waals surface area contributed by atoms with Gasteiger partial charge in [0.25, 0.3) is 0 Å². The number of aryl methyl sites for hydroxylation is 1. The van der Waals surface area contributed by atoms with E-state index in [0.29, 0.717) is 5.92 Å². The highest BCUT2D eigenvalue weighted by atomic mass is 16.2. The fourth-order valence-electron chi connectivity index (χ4n) is 3.04. The predicted octanol–water partition coefficient (Wildman–Crippen LogP) is 1.95. The Morgan fingerprint density at radius 1 is 1.50 bits per heavy atom. The van der Waals surface area contributed by atoms with Gasteiger partial charge in [0.15, 0.2) is 5.65 Å². The van der Waals surface area contributed by atoms with Gasteiger partial charge < -0.3 is 14.8 Å². The Kier molecular flexibility index (Phi) is 4.27. The topological polar surface area (TPSA) is 63.1 Å². The minimum atomic E-state index is 0.0658. The zero-order valence-corrected chi connectivity index (χ0v) is 13.2. The third-order valence-electron chi connectivity index (χ3n) is 4.29. The Balaban J connectivity index is 1.64. The van der Waals surface area contributed by atoms with E-state index in [0.717, 1.165) is 55.9 Å². The molecule has 0 radical (unpaired) electrons. The Hall–Kier alpha value is -2.11. The van der Waals surface area contributed by atoms with Gasteiger partial charge >= 0.3 is 6.03 Å². The second-order valence-electron chi connectivity index (χ2n) is 5.97. The van der Waals surface area contributed by atoms with Crippen molar-refractivity contribution in [2.24, 2.45) is 13.0 Å². The molecule has 1 aliphatic rings. The quantitative estimate of drug-likeness (QED) is 0.939. The summed E-state index contributed by atoms with van der Waals surface area (Å²) in [5, 5.41) is 2.95. The van der Waals surface area contributed by atoms with Crippen LogP contribution in [0, 0.1) is 5.92 Å². The second-order valence-corrected chi connectivity index (χ2v) is 5.97. The Morgan fingerprint density at radius 2 is 2.36 bits per heavy atom. The van der Waals surface area contributed by atoms with Crippen LogP contribution >= 0.6 is 0 Å². The first-order valence-corrected chi connectivity index (χ1v) is 7.98. The summed E-state index contributed by atoms with van der Waals surface area (Å²) in [6, 6.07) is 3.97. The number of carbonyl (C=O) groups excluding carboxylic acids is 1. The summed E-state index contributed by atoms with van der Waals surface area (Å²) in [6.45, 7) is 4.46. The van der Waals surface area contributed by atoms with E-state index in [2.05, 4.69) is 26.8 Å². The van der Waals surface area contributed by atoms with Gasteiger partial charge in [0.05, 0.1) is 0 Å². The smallest absolute Gasteiger partial charge is 0.317 e. The van der Waals surface area contributed by atoms with Crippen molar-refractivity contribution >= 4 is 17.2 Å². The van der Waals surface area contributed by atoms with Gasteiger partial charge in [-0.1, -0.05) is 6.92 Å². The average molecular weight is 301 g/mol. The van der Waals surface area contributed by atoms with Crippen LogP contribution < -0.4 is 5.32 Å². The molecule has 22 heavy (non-hydrogen) atoms. The van der Waals surface area contributed by atoms with Crippen molar-refractivity contribution < 1.29 is 4.79 Å². The highest BCUT2D eigenvalue weighted by Gasteiger charge is 2.27. The highest BCUT2D eigenvalue weighted by Crippen LogP contribution is 2.22. The minimum absolute atomic E-state index is 0.0658. The largest absolute Gasteiger partial charge is 0.338 e. The van der Waals surface area contributed by atoms with Gasteiger partial charge in [0.2, 0.25) is 0 Å². The van der Waals surface area contributed by atoms with Gasteiger partial charge in [-0.05, 0) is 30.9 Å². The van der Waals surface area contributed by atoms with Crippen LogP contribution in [0.15, 0.2) is 18.3 Å². The highest BCUT2D eigenvalue weighted by molar-refractivity contribution is 5.74. The molecule has 118 valence electrons. The van der Waals surface area contributed by atoms with E-state index in [-0.39, 0.29) is 6.03 Å². The average Bonchev–Trinajstić information content (AvgIpc) is 3.11. The molecule has 3 heterocycles. The lowest BCUT2D eigenvalue weighted by Crippen LogP contribution is -2.38. The number of nitrogens with zero attached hydrogens (tertiary/aromatic N) is 4. The third-order valence-corrected chi connectivity index (χ3v) is 4.29. The Labute approximate surface area is 130 Å². The number of likely N-dealkylation sites (tertiary alicyclic amines) is 1. The summed E-state index contributed by atoms with van der Waals surface area (Å²) in [5.74, 6) is 1.53. The SMILES string of the molecule is CCCNC(=O)N1CC[C@H](Cc2nc3cccnc3n2C)C1. The number of fused-ring (bicyclic) bond motifs is 1. The van der Waals surface area contributed by atoms with Crippen molar-refractivity contribution in [2.75, 3.05) is 19.6 Å². The van der Waals surface area contributed by atoms with Gasteiger partial charge in [0.1, 0.15) is 11.3 Å². The van der Waals surface area contributed by atoms with Gasteiger partial charge in [-0.15, -0.1) is 0 Å². The molecule has 0 saturated carbocycles. The lowest BCUT2D eigenvalue weighted by atomic mass is 10.0. The zero-order valence-electron chi connectivity index (χ0n) is 13.2. The van der Waals surface area contributed by atoms with Gasteiger partial charge in [-0.2, -0.15) is 0 Å². The number of amides is 2. The number of aromatic nitrogens is 3. The van der Waals surface area contributed by atoms with Crippen LogP contribution in [0.5, 0.6) is 0 Å². The summed E-state index contributed by atoms with van der Waals surface area (Å²) in [5.41, 5.74) is 1.86. The van der Waals surface area contributed by atoms with Crippen LogP contribution in [0.25, 0.3) is 11.2 Å². The number of hydrogen-bond donors (Lipinski definition) is 1. The Morgan fingerprint density at radius 3 is 3.14 bits per heavy atom. The molecule has 0 unspecified atom stereocenters. The molecule has 1 saturated heterocycles. The summed E-state index contributed by atoms with van der Waals surface area (Å²) >= 11 is 0. The molecule has 0 aromatic carbocycles. The second kappa shape index (κ2) is 6.34. The van der Waals surface area contributed by atoms with Crippen LogP contribution in [0.4, 0.5) is 4.79 Å². The molecule has 1 N–H and O–H groups in total. The molecular formula is C16H23N5O. The molecule has 2 aromatic heterocycles. The van der Waals surface area contributed by atoms with Crippen molar-refractivity contribution in [2.45, 2.75) is 26.2 Å². The monoisotopic (exact) mass is 301 g/mol. The molecule has 1 aliphatic heterocycles. The summed E-state index contributed by atoms with van der Waals surface area (Å²) in [6.07, 6.45) is 4.69. The summed E-state index contributed by atoms with van der Waals surface area (Å²) in [7, 11) is 2.01. The van der Waals surface area contributed by atoms with E-state index in [1.807, 2.05) is 24.1 Å². The molecule has 1 fully saturated rings. The number of urea groups is 1. The molecule has 6 heteroatoms. The number of rotatable bonds is 4. The summed E-state index contributed by atoms with van der Waals surface area (Å²) in [4.78, 5) is 23.0. The van der Waals surface area contributed by atoms with E-state index < -0.39 is 0 Å². The van der Waals surface area contributed by atoms with Crippen LogP contribution in [-0.4, -0.2) is 45.1 Å². The maximum Gasteiger partial charge on any atom is 0.317 e. The molecular weight excluding hydrogens is 278 g/mol. The number of hydrogen-bond acceptors (Lipinski definition) is 3. The van der Waals surface area contributed by atoms with Gasteiger partial charge in [-0.3, -0.25) is 0 Å². The van der Waals surface area contributed by atoms with E-state index in [1.54, 1.807) is 6.20 Å². The normalized spacial score (nSPS) is 18.1. The number of carbonyl (C=O) groups is 1. The van der Waals surface area contributed by atoms with E-state index in [1.165, 1.54) is 0 Å². The number of imidazole rings is 1. The van der Waals surface area contributed by atoms with Gasteiger partial charge in [0, 0.05) is 39.3 Å². The first-order valence-electron chi connectivity index (χ1n) is 7.98. The minimum Gasteiger partial charge on any atom is -0.338 e. The molecule has 2 amide bonds. The van der Waals surface area contributed by atoms with Crippen molar-refractivity contribution in [1.29, 1.82) is 0 Å². The lowest BCUT2D eigenvalue weighted by Gasteiger charge is -2.17. The van der Waals surface area contributed by atoms with Crippen LogP contribution in [0.3, 0.4) is 0 Å². The Bertz CT molecular complexity index is 666. The molecule has 0 bridgehead atoms.